The van der Waals surface area contributed by atoms with Gasteiger partial charge in [0.15, 0.2) is 0 Å². The van der Waals surface area contributed by atoms with E-state index in [1.54, 1.807) is 0 Å². The van der Waals surface area contributed by atoms with Crippen molar-refractivity contribution in [2.24, 2.45) is 5.41 Å². The third kappa shape index (κ3) is 4.58. The molecule has 1 saturated heterocycles. The van der Waals surface area contributed by atoms with Crippen LogP contribution in [-0.2, 0) is 4.79 Å². The summed E-state index contributed by atoms with van der Waals surface area (Å²) >= 11 is 0. The Hall–Kier alpha value is -0.610. The zero-order valence-corrected chi connectivity index (χ0v) is 12.3. The maximum absolute atomic E-state index is 11.0. The fraction of sp³-hybridized carbons (Fsp3) is 0.929. The van der Waals surface area contributed by atoms with E-state index in [0.717, 1.165) is 45.4 Å². The monoisotopic (exact) mass is 256 g/mol. The van der Waals surface area contributed by atoms with Gasteiger partial charge >= 0.3 is 5.97 Å². The summed E-state index contributed by atoms with van der Waals surface area (Å²) in [6, 6.07) is 0.622. The molecule has 1 aliphatic rings. The van der Waals surface area contributed by atoms with Crippen molar-refractivity contribution in [2.45, 2.75) is 46.1 Å². The molecule has 4 nitrogen and oxygen atoms in total. The minimum atomic E-state index is -0.685. The predicted octanol–water partition coefficient (Wildman–Crippen LogP) is 1.90. The molecule has 0 bridgehead atoms. The van der Waals surface area contributed by atoms with E-state index in [4.69, 9.17) is 5.11 Å². The van der Waals surface area contributed by atoms with Gasteiger partial charge in [0, 0.05) is 25.7 Å². The number of carboxylic acid groups (broad SMARTS) is 1. The van der Waals surface area contributed by atoms with Crippen LogP contribution in [0, 0.1) is 5.41 Å². The van der Waals surface area contributed by atoms with E-state index in [1.807, 2.05) is 13.8 Å². The molecular formula is C14H28N2O2. The highest BCUT2D eigenvalue weighted by Gasteiger charge is 2.26. The van der Waals surface area contributed by atoms with Crippen LogP contribution in [0.25, 0.3) is 0 Å². The van der Waals surface area contributed by atoms with Crippen LogP contribution in [0.4, 0.5) is 0 Å². The van der Waals surface area contributed by atoms with Crippen molar-refractivity contribution in [1.29, 1.82) is 0 Å². The van der Waals surface area contributed by atoms with Gasteiger partial charge < -0.3 is 10.0 Å². The quantitative estimate of drug-likeness (QED) is 0.737. The first-order valence-corrected chi connectivity index (χ1v) is 6.99. The summed E-state index contributed by atoms with van der Waals surface area (Å²) in [5.41, 5.74) is -0.576. The minimum Gasteiger partial charge on any atom is -0.481 e. The second-order valence-corrected chi connectivity index (χ2v) is 6.29. The van der Waals surface area contributed by atoms with Gasteiger partial charge in [-0.2, -0.15) is 0 Å². The van der Waals surface area contributed by atoms with E-state index >= 15 is 0 Å². The summed E-state index contributed by atoms with van der Waals surface area (Å²) in [7, 11) is 2.17. The molecule has 0 aromatic carbocycles. The molecule has 106 valence electrons. The minimum absolute atomic E-state index is 0.576. The highest BCUT2D eigenvalue weighted by atomic mass is 16.4. The number of hydrogen-bond acceptors (Lipinski definition) is 3. The van der Waals surface area contributed by atoms with Gasteiger partial charge in [-0.1, -0.05) is 6.42 Å². The lowest BCUT2D eigenvalue weighted by Crippen LogP contribution is -2.50. The van der Waals surface area contributed by atoms with Gasteiger partial charge in [-0.15, -0.1) is 0 Å². The summed E-state index contributed by atoms with van der Waals surface area (Å²) in [6.07, 6.45) is 2.87. The number of likely N-dealkylation sites (N-methyl/N-ethyl adjacent to an activating group) is 1. The highest BCUT2D eigenvalue weighted by molar-refractivity contribution is 5.73. The Morgan fingerprint density at radius 2 is 2.00 bits per heavy atom. The number of nitrogens with zero attached hydrogens (tertiary/aromatic N) is 2. The third-order valence-electron chi connectivity index (χ3n) is 4.04. The molecule has 0 amide bonds. The molecule has 0 aliphatic carbocycles. The topological polar surface area (TPSA) is 43.8 Å². The zero-order valence-electron chi connectivity index (χ0n) is 12.3. The van der Waals surface area contributed by atoms with Crippen LogP contribution >= 0.6 is 0 Å². The van der Waals surface area contributed by atoms with Crippen LogP contribution in [0.2, 0.25) is 0 Å². The lowest BCUT2D eigenvalue weighted by molar-refractivity contribution is -0.147. The predicted molar refractivity (Wildman–Crippen MR) is 73.8 cm³/mol. The summed E-state index contributed by atoms with van der Waals surface area (Å²) in [5, 5.41) is 9.04. The third-order valence-corrected chi connectivity index (χ3v) is 4.04. The van der Waals surface area contributed by atoms with Crippen molar-refractivity contribution < 1.29 is 9.90 Å². The molecule has 1 N–H and O–H groups in total. The van der Waals surface area contributed by atoms with Crippen molar-refractivity contribution in [1.82, 2.24) is 9.80 Å². The highest BCUT2D eigenvalue weighted by Crippen LogP contribution is 2.23. The molecule has 0 radical (unpaired) electrons. The Morgan fingerprint density at radius 1 is 1.33 bits per heavy atom. The standard InChI is InChI=1S/C14H28N2O2/c1-12-11-15(4)9-10-16(12)8-6-5-7-14(2,3)13(17)18/h12H,5-11H2,1-4H3,(H,17,18). The smallest absolute Gasteiger partial charge is 0.309 e. The van der Waals surface area contributed by atoms with Gasteiger partial charge in [-0.25, -0.2) is 0 Å². The van der Waals surface area contributed by atoms with Crippen LogP contribution in [0.1, 0.15) is 40.0 Å². The fourth-order valence-electron chi connectivity index (χ4n) is 2.50. The number of rotatable bonds is 6. The lowest BCUT2D eigenvalue weighted by atomic mass is 9.87. The van der Waals surface area contributed by atoms with Gasteiger partial charge in [0.25, 0.3) is 0 Å². The molecule has 1 fully saturated rings. The Bertz CT molecular complexity index is 279. The molecule has 0 aromatic heterocycles. The molecule has 1 unspecified atom stereocenters. The molecule has 0 saturated carbocycles. The van der Waals surface area contributed by atoms with E-state index < -0.39 is 11.4 Å². The molecule has 1 rings (SSSR count). The van der Waals surface area contributed by atoms with E-state index in [1.165, 1.54) is 0 Å². The molecule has 1 atom stereocenters. The van der Waals surface area contributed by atoms with Gasteiger partial charge in [0.2, 0.25) is 0 Å². The Kier molecular flexibility index (Phi) is 5.60. The molecule has 1 heterocycles. The van der Waals surface area contributed by atoms with Gasteiger partial charge in [0.05, 0.1) is 5.41 Å². The maximum atomic E-state index is 11.0. The van der Waals surface area contributed by atoms with Crippen molar-refractivity contribution in [3.63, 3.8) is 0 Å². The van der Waals surface area contributed by atoms with Crippen molar-refractivity contribution in [2.75, 3.05) is 33.2 Å². The number of unbranched alkanes of at least 4 members (excludes halogenated alkanes) is 1. The second kappa shape index (κ2) is 6.53. The number of aliphatic carboxylic acids is 1. The van der Waals surface area contributed by atoms with Gasteiger partial charge in [-0.05, 0) is 47.2 Å². The maximum Gasteiger partial charge on any atom is 0.309 e. The van der Waals surface area contributed by atoms with Crippen LogP contribution in [0.3, 0.4) is 0 Å². The average Bonchev–Trinajstić information content (AvgIpc) is 2.26. The van der Waals surface area contributed by atoms with Crippen molar-refractivity contribution in [3.05, 3.63) is 0 Å². The van der Waals surface area contributed by atoms with Crippen molar-refractivity contribution >= 4 is 5.97 Å². The summed E-state index contributed by atoms with van der Waals surface area (Å²) in [4.78, 5) is 15.9. The van der Waals surface area contributed by atoms with Crippen LogP contribution < -0.4 is 0 Å². The summed E-state index contributed by atoms with van der Waals surface area (Å²) in [6.45, 7) is 10.4. The molecular weight excluding hydrogens is 228 g/mol. The second-order valence-electron chi connectivity index (χ2n) is 6.29. The van der Waals surface area contributed by atoms with Crippen LogP contribution in [0.5, 0.6) is 0 Å². The molecule has 0 aromatic rings. The molecule has 0 spiro atoms. The lowest BCUT2D eigenvalue weighted by Gasteiger charge is -2.38. The number of carboxylic acids is 1. The Morgan fingerprint density at radius 3 is 2.56 bits per heavy atom. The first kappa shape index (κ1) is 15.4. The molecule has 1 aliphatic heterocycles. The first-order chi connectivity index (χ1) is 8.33. The normalized spacial score (nSPS) is 23.2. The number of hydrogen-bond donors (Lipinski definition) is 1. The summed E-state index contributed by atoms with van der Waals surface area (Å²) in [5.74, 6) is -0.685. The van der Waals surface area contributed by atoms with E-state index in [-0.39, 0.29) is 0 Å². The summed E-state index contributed by atoms with van der Waals surface area (Å²) < 4.78 is 0. The number of carbonyl (C=O) groups is 1. The van der Waals surface area contributed by atoms with E-state index in [9.17, 15) is 4.79 Å². The first-order valence-electron chi connectivity index (χ1n) is 6.99. The molecule has 4 heteroatoms. The molecule has 18 heavy (non-hydrogen) atoms. The van der Waals surface area contributed by atoms with Crippen molar-refractivity contribution in [3.8, 4) is 0 Å². The van der Waals surface area contributed by atoms with Gasteiger partial charge in [0.1, 0.15) is 0 Å². The van der Waals surface area contributed by atoms with Crippen LogP contribution in [0.15, 0.2) is 0 Å². The van der Waals surface area contributed by atoms with Crippen LogP contribution in [-0.4, -0.2) is 60.1 Å². The number of piperazine rings is 1. The zero-order chi connectivity index (χ0) is 13.8. The average molecular weight is 256 g/mol. The fourth-order valence-corrected chi connectivity index (χ4v) is 2.50. The Balaban J connectivity index is 2.20. The largest absolute Gasteiger partial charge is 0.481 e. The van der Waals surface area contributed by atoms with E-state index in [2.05, 4.69) is 23.8 Å². The van der Waals surface area contributed by atoms with Gasteiger partial charge in [-0.3, -0.25) is 9.69 Å². The van der Waals surface area contributed by atoms with E-state index in [0.29, 0.717) is 6.04 Å². The Labute approximate surface area is 111 Å². The SMILES string of the molecule is CC1CN(C)CCN1CCCCC(C)(C)C(=O)O.